The van der Waals surface area contributed by atoms with Crippen LogP contribution in [-0.4, -0.2) is 62.6 Å². The summed E-state index contributed by atoms with van der Waals surface area (Å²) < 4.78 is 16.2. The molecule has 2 amide bonds. The number of para-hydroxylation sites is 1. The molecule has 0 atom stereocenters. The second-order valence-corrected chi connectivity index (χ2v) is 8.17. The zero-order valence-electron chi connectivity index (χ0n) is 19.4. The van der Waals surface area contributed by atoms with E-state index in [4.69, 9.17) is 14.2 Å². The number of carbonyl (C=O) groups excluding carboxylic acids is 2. The van der Waals surface area contributed by atoms with Crippen molar-refractivity contribution in [2.75, 3.05) is 41.0 Å². The molecule has 0 aromatic heterocycles. The van der Waals surface area contributed by atoms with Gasteiger partial charge in [-0.15, -0.1) is 0 Å². The minimum absolute atomic E-state index is 0.233. The second kappa shape index (κ2) is 9.98. The van der Waals surface area contributed by atoms with Crippen molar-refractivity contribution in [3.05, 3.63) is 59.3 Å². The van der Waals surface area contributed by atoms with Crippen LogP contribution >= 0.6 is 0 Å². The van der Waals surface area contributed by atoms with E-state index >= 15 is 0 Å². The Hall–Kier alpha value is -3.48. The van der Waals surface area contributed by atoms with Gasteiger partial charge in [0.2, 0.25) is 0 Å². The minimum Gasteiger partial charge on any atom is -0.496 e. The predicted octanol–water partition coefficient (Wildman–Crippen LogP) is 3.52. The second-order valence-electron chi connectivity index (χ2n) is 8.17. The molecule has 4 rings (SSSR count). The zero-order valence-corrected chi connectivity index (χ0v) is 19.4. The molecule has 7 nitrogen and oxygen atoms in total. The highest BCUT2D eigenvalue weighted by molar-refractivity contribution is 6.36. The summed E-state index contributed by atoms with van der Waals surface area (Å²) >= 11 is 0. The fourth-order valence-electron chi connectivity index (χ4n) is 4.55. The molecule has 0 bridgehead atoms. The first kappa shape index (κ1) is 22.7. The standard InChI is InChI=1S/C26H30N2O5/c1-31-20-10-6-5-9-19(20)23-24(27-14-7-4-8-15-27)26(30)28(25(23)29)16-13-18-11-12-21(32-2)22(17-18)33-3/h5-6,9-12,17H,4,7-8,13-16H2,1-3H3. The number of rotatable bonds is 8. The highest BCUT2D eigenvalue weighted by Gasteiger charge is 2.42. The number of carbonyl (C=O) groups is 2. The monoisotopic (exact) mass is 450 g/mol. The lowest BCUT2D eigenvalue weighted by atomic mass is 10.0. The molecular weight excluding hydrogens is 420 g/mol. The minimum atomic E-state index is -0.273. The zero-order chi connectivity index (χ0) is 23.4. The van der Waals surface area contributed by atoms with Crippen LogP contribution in [0.4, 0.5) is 0 Å². The summed E-state index contributed by atoms with van der Waals surface area (Å²) in [5.41, 5.74) is 2.55. The first-order valence-corrected chi connectivity index (χ1v) is 11.3. The number of hydrogen-bond acceptors (Lipinski definition) is 6. The first-order chi connectivity index (χ1) is 16.1. The van der Waals surface area contributed by atoms with Gasteiger partial charge in [0.15, 0.2) is 11.5 Å². The van der Waals surface area contributed by atoms with Crippen molar-refractivity contribution in [1.29, 1.82) is 0 Å². The molecule has 1 saturated heterocycles. The summed E-state index contributed by atoms with van der Waals surface area (Å²) in [6, 6.07) is 13.0. The van der Waals surface area contributed by atoms with Gasteiger partial charge in [0.25, 0.3) is 11.8 Å². The SMILES string of the molecule is COc1ccc(CCN2C(=O)C(c3ccccc3OC)=C(N3CCCCC3)C2=O)cc1OC. The number of nitrogens with zero attached hydrogens (tertiary/aromatic N) is 2. The van der Waals surface area contributed by atoms with Gasteiger partial charge in [-0.25, -0.2) is 0 Å². The van der Waals surface area contributed by atoms with E-state index in [0.717, 1.165) is 37.9 Å². The van der Waals surface area contributed by atoms with Crippen LogP contribution in [0.3, 0.4) is 0 Å². The van der Waals surface area contributed by atoms with Gasteiger partial charge in [-0.05, 0) is 49.4 Å². The van der Waals surface area contributed by atoms with Crippen LogP contribution in [0.25, 0.3) is 5.57 Å². The predicted molar refractivity (Wildman–Crippen MR) is 125 cm³/mol. The van der Waals surface area contributed by atoms with Gasteiger partial charge in [-0.1, -0.05) is 24.3 Å². The lowest BCUT2D eigenvalue weighted by Crippen LogP contribution is -2.38. The molecule has 2 aliphatic heterocycles. The maximum absolute atomic E-state index is 13.6. The van der Waals surface area contributed by atoms with Crippen LogP contribution < -0.4 is 14.2 Å². The Morgan fingerprint density at radius 1 is 0.788 bits per heavy atom. The quantitative estimate of drug-likeness (QED) is 0.574. The number of methoxy groups -OCH3 is 3. The number of benzene rings is 2. The molecule has 7 heteroatoms. The Morgan fingerprint density at radius 2 is 1.48 bits per heavy atom. The van der Waals surface area contributed by atoms with Crippen molar-refractivity contribution in [2.45, 2.75) is 25.7 Å². The highest BCUT2D eigenvalue weighted by Crippen LogP contribution is 2.37. The van der Waals surface area contributed by atoms with Gasteiger partial charge in [0.1, 0.15) is 11.4 Å². The van der Waals surface area contributed by atoms with Crippen LogP contribution in [0.15, 0.2) is 48.2 Å². The van der Waals surface area contributed by atoms with E-state index < -0.39 is 0 Å². The van der Waals surface area contributed by atoms with E-state index in [9.17, 15) is 9.59 Å². The lowest BCUT2D eigenvalue weighted by Gasteiger charge is -2.29. The van der Waals surface area contributed by atoms with Crippen molar-refractivity contribution in [2.24, 2.45) is 0 Å². The summed E-state index contributed by atoms with van der Waals surface area (Å²) in [6.07, 6.45) is 3.68. The third-order valence-corrected chi connectivity index (χ3v) is 6.26. The van der Waals surface area contributed by atoms with Crippen LogP contribution in [0.1, 0.15) is 30.4 Å². The van der Waals surface area contributed by atoms with Crippen LogP contribution in [-0.2, 0) is 16.0 Å². The molecule has 0 aliphatic carbocycles. The molecule has 2 aliphatic rings. The van der Waals surface area contributed by atoms with Crippen molar-refractivity contribution in [1.82, 2.24) is 9.80 Å². The maximum atomic E-state index is 13.6. The number of likely N-dealkylation sites (tertiary alicyclic amines) is 1. The number of ether oxygens (including phenoxy) is 3. The fourth-order valence-corrected chi connectivity index (χ4v) is 4.55. The average Bonchev–Trinajstić information content (AvgIpc) is 3.11. The third kappa shape index (κ3) is 4.40. The van der Waals surface area contributed by atoms with E-state index in [0.29, 0.717) is 40.5 Å². The maximum Gasteiger partial charge on any atom is 0.277 e. The largest absolute Gasteiger partial charge is 0.496 e. The third-order valence-electron chi connectivity index (χ3n) is 6.26. The smallest absolute Gasteiger partial charge is 0.277 e. The first-order valence-electron chi connectivity index (χ1n) is 11.3. The molecule has 0 spiro atoms. The van der Waals surface area contributed by atoms with Crippen molar-refractivity contribution in [3.8, 4) is 17.2 Å². The highest BCUT2D eigenvalue weighted by atomic mass is 16.5. The van der Waals surface area contributed by atoms with Gasteiger partial charge in [0.05, 0.1) is 26.9 Å². The van der Waals surface area contributed by atoms with E-state index in [-0.39, 0.29) is 18.4 Å². The molecule has 0 radical (unpaired) electrons. The number of amides is 2. The van der Waals surface area contributed by atoms with E-state index in [1.165, 1.54) is 4.90 Å². The van der Waals surface area contributed by atoms with Gasteiger partial charge >= 0.3 is 0 Å². The molecule has 2 heterocycles. The summed E-state index contributed by atoms with van der Waals surface area (Å²) in [6.45, 7) is 1.83. The summed E-state index contributed by atoms with van der Waals surface area (Å²) in [5, 5.41) is 0. The van der Waals surface area contributed by atoms with Gasteiger partial charge in [-0.2, -0.15) is 0 Å². The fraction of sp³-hybridized carbons (Fsp3) is 0.385. The summed E-state index contributed by atoms with van der Waals surface area (Å²) in [4.78, 5) is 30.6. The van der Waals surface area contributed by atoms with Crippen LogP contribution in [0.2, 0.25) is 0 Å². The van der Waals surface area contributed by atoms with Crippen molar-refractivity contribution >= 4 is 17.4 Å². The van der Waals surface area contributed by atoms with Crippen molar-refractivity contribution in [3.63, 3.8) is 0 Å². The molecule has 0 saturated carbocycles. The molecular formula is C26H30N2O5. The summed E-state index contributed by atoms with van der Waals surface area (Å²) in [7, 11) is 4.76. The topological polar surface area (TPSA) is 68.3 Å². The van der Waals surface area contributed by atoms with E-state index in [1.807, 2.05) is 42.5 Å². The lowest BCUT2D eigenvalue weighted by molar-refractivity contribution is -0.137. The molecule has 0 N–H and O–H groups in total. The Balaban J connectivity index is 1.64. The normalized spacial score (nSPS) is 16.5. The van der Waals surface area contributed by atoms with E-state index in [2.05, 4.69) is 4.90 Å². The molecule has 2 aromatic carbocycles. The Bertz CT molecular complexity index is 1070. The molecule has 1 fully saturated rings. The molecule has 2 aromatic rings. The van der Waals surface area contributed by atoms with Gasteiger partial charge < -0.3 is 19.1 Å². The number of piperidine rings is 1. The Kier molecular flexibility index (Phi) is 6.87. The molecule has 0 unspecified atom stereocenters. The van der Waals surface area contributed by atoms with E-state index in [1.54, 1.807) is 21.3 Å². The summed E-state index contributed by atoms with van der Waals surface area (Å²) in [5.74, 6) is 1.34. The van der Waals surface area contributed by atoms with Crippen LogP contribution in [0.5, 0.6) is 17.2 Å². The average molecular weight is 451 g/mol. The van der Waals surface area contributed by atoms with Crippen molar-refractivity contribution < 1.29 is 23.8 Å². The molecule has 174 valence electrons. The Labute approximate surface area is 194 Å². The molecule has 33 heavy (non-hydrogen) atoms. The Morgan fingerprint density at radius 3 is 2.18 bits per heavy atom. The van der Waals surface area contributed by atoms with Crippen LogP contribution in [0, 0.1) is 0 Å². The number of imide groups is 1. The van der Waals surface area contributed by atoms with Gasteiger partial charge in [-0.3, -0.25) is 14.5 Å². The number of hydrogen-bond donors (Lipinski definition) is 0. The van der Waals surface area contributed by atoms with Gasteiger partial charge in [0, 0.05) is 25.2 Å².